The fraction of sp³-hybridized carbons (Fsp3) is 0.278. The second-order valence-corrected chi connectivity index (χ2v) is 5.93. The highest BCUT2D eigenvalue weighted by atomic mass is 19.3. The monoisotopic (exact) mass is 344 g/mol. The van der Waals surface area contributed by atoms with Gasteiger partial charge in [0.15, 0.2) is 0 Å². The van der Waals surface area contributed by atoms with Crippen molar-refractivity contribution in [1.82, 2.24) is 15.1 Å². The maximum absolute atomic E-state index is 14.1. The molecule has 0 radical (unpaired) electrons. The van der Waals surface area contributed by atoms with Crippen LogP contribution < -0.4 is 5.32 Å². The van der Waals surface area contributed by atoms with Crippen molar-refractivity contribution in [3.05, 3.63) is 48.2 Å². The molecule has 2 aromatic heterocycles. The average molecular weight is 344 g/mol. The van der Waals surface area contributed by atoms with Crippen molar-refractivity contribution in [3.63, 3.8) is 0 Å². The van der Waals surface area contributed by atoms with Crippen LogP contribution in [0.15, 0.2) is 47.1 Å². The van der Waals surface area contributed by atoms with Gasteiger partial charge in [-0.3, -0.25) is 0 Å². The predicted octanol–water partition coefficient (Wildman–Crippen LogP) is 4.59. The number of halogens is 2. The number of alkyl halides is 2. The summed E-state index contributed by atoms with van der Waals surface area (Å²) >= 11 is 0. The van der Waals surface area contributed by atoms with Crippen LogP contribution in [-0.2, 0) is 5.92 Å². The van der Waals surface area contributed by atoms with Gasteiger partial charge in [0.2, 0.25) is 5.82 Å². The molecule has 0 saturated carbocycles. The second-order valence-electron chi connectivity index (χ2n) is 5.93. The highest BCUT2D eigenvalue weighted by Crippen LogP contribution is 2.36. The van der Waals surface area contributed by atoms with Crippen molar-refractivity contribution in [2.75, 3.05) is 12.4 Å². The van der Waals surface area contributed by atoms with Gasteiger partial charge < -0.3 is 9.84 Å². The van der Waals surface area contributed by atoms with Crippen LogP contribution in [0.25, 0.3) is 22.8 Å². The lowest BCUT2D eigenvalue weighted by Crippen LogP contribution is -2.20. The molecule has 0 aliphatic rings. The maximum atomic E-state index is 14.1. The number of nitrogens with zero attached hydrogens (tertiary/aromatic N) is 3. The molecule has 0 aliphatic carbocycles. The molecule has 0 atom stereocenters. The molecule has 1 aromatic carbocycles. The second kappa shape index (κ2) is 6.58. The molecule has 0 amide bonds. The molecule has 1 N–H and O–H groups in total. The standard InChI is InChI=1S/C18H18F2N4O/c1-11(2)18(19,20)13-8-6-12(7-9-13)17-23-16(24-25-17)14-5-4-10-22-15(14)21-3/h4-11H,1-3H3,(H,21,22). The first kappa shape index (κ1) is 17.0. The van der Waals surface area contributed by atoms with Gasteiger partial charge in [0.05, 0.1) is 5.56 Å². The number of hydrogen-bond acceptors (Lipinski definition) is 5. The van der Waals surface area contributed by atoms with Crippen LogP contribution in [0.5, 0.6) is 0 Å². The zero-order chi connectivity index (χ0) is 18.0. The summed E-state index contributed by atoms with van der Waals surface area (Å²) in [5.41, 5.74) is 1.25. The molecular weight excluding hydrogens is 326 g/mol. The molecule has 0 spiro atoms. The van der Waals surface area contributed by atoms with Gasteiger partial charge in [-0.25, -0.2) is 13.8 Å². The summed E-state index contributed by atoms with van der Waals surface area (Å²) in [6.07, 6.45) is 1.66. The van der Waals surface area contributed by atoms with Crippen LogP contribution in [0.3, 0.4) is 0 Å². The Hall–Kier alpha value is -2.83. The van der Waals surface area contributed by atoms with E-state index in [1.54, 1.807) is 31.4 Å². The Bertz CT molecular complexity index is 860. The third-order valence-corrected chi connectivity index (χ3v) is 3.95. The number of rotatable bonds is 5. The van der Waals surface area contributed by atoms with E-state index in [1.807, 2.05) is 6.07 Å². The normalized spacial score (nSPS) is 11.8. The molecule has 0 unspecified atom stereocenters. The van der Waals surface area contributed by atoms with Crippen molar-refractivity contribution >= 4 is 5.82 Å². The summed E-state index contributed by atoms with van der Waals surface area (Å²) in [5.74, 6) is -2.39. The molecule has 3 aromatic rings. The molecule has 130 valence electrons. The zero-order valence-corrected chi connectivity index (χ0v) is 14.1. The number of hydrogen-bond donors (Lipinski definition) is 1. The summed E-state index contributed by atoms with van der Waals surface area (Å²) < 4.78 is 33.4. The number of aromatic nitrogens is 3. The summed E-state index contributed by atoms with van der Waals surface area (Å²) in [7, 11) is 1.75. The molecule has 0 aliphatic heterocycles. The van der Waals surface area contributed by atoms with Crippen molar-refractivity contribution < 1.29 is 13.3 Å². The molecule has 0 fully saturated rings. The summed E-state index contributed by atoms with van der Waals surface area (Å²) in [4.78, 5) is 8.54. The molecule has 2 heterocycles. The Balaban J connectivity index is 1.90. The summed E-state index contributed by atoms with van der Waals surface area (Å²) in [6.45, 7) is 2.98. The summed E-state index contributed by atoms with van der Waals surface area (Å²) in [6, 6.07) is 9.50. The average Bonchev–Trinajstić information content (AvgIpc) is 3.11. The van der Waals surface area contributed by atoms with E-state index in [1.165, 1.54) is 26.0 Å². The largest absolute Gasteiger partial charge is 0.373 e. The quantitative estimate of drug-likeness (QED) is 0.733. The summed E-state index contributed by atoms with van der Waals surface area (Å²) in [5, 5.41) is 6.92. The van der Waals surface area contributed by atoms with Gasteiger partial charge in [-0.2, -0.15) is 4.98 Å². The van der Waals surface area contributed by atoms with E-state index in [-0.39, 0.29) is 11.5 Å². The van der Waals surface area contributed by atoms with E-state index < -0.39 is 11.8 Å². The number of anilines is 1. The molecule has 7 heteroatoms. The SMILES string of the molecule is CNc1ncccc1-c1noc(-c2ccc(C(F)(F)C(C)C)cc2)n1. The smallest absolute Gasteiger partial charge is 0.275 e. The van der Waals surface area contributed by atoms with Crippen molar-refractivity contribution in [3.8, 4) is 22.8 Å². The van der Waals surface area contributed by atoms with Gasteiger partial charge in [-0.05, 0) is 24.3 Å². The Kier molecular flexibility index (Phi) is 4.48. The minimum absolute atomic E-state index is 0.0317. The fourth-order valence-electron chi connectivity index (χ4n) is 2.40. The van der Waals surface area contributed by atoms with E-state index in [0.29, 0.717) is 22.8 Å². The van der Waals surface area contributed by atoms with Crippen molar-refractivity contribution in [2.45, 2.75) is 19.8 Å². The minimum atomic E-state index is -2.88. The molecule has 0 saturated heterocycles. The highest BCUT2D eigenvalue weighted by molar-refractivity contribution is 5.70. The molecule has 25 heavy (non-hydrogen) atoms. The third-order valence-electron chi connectivity index (χ3n) is 3.95. The third kappa shape index (κ3) is 3.22. The van der Waals surface area contributed by atoms with E-state index in [9.17, 15) is 8.78 Å². The van der Waals surface area contributed by atoms with Crippen LogP contribution in [0.1, 0.15) is 19.4 Å². The lowest BCUT2D eigenvalue weighted by atomic mass is 9.97. The number of pyridine rings is 1. The van der Waals surface area contributed by atoms with Gasteiger partial charge in [-0.1, -0.05) is 31.1 Å². The Morgan fingerprint density at radius 2 is 1.84 bits per heavy atom. The first-order valence-electron chi connectivity index (χ1n) is 7.89. The number of benzene rings is 1. The first-order chi connectivity index (χ1) is 11.9. The Morgan fingerprint density at radius 3 is 2.48 bits per heavy atom. The maximum Gasteiger partial charge on any atom is 0.275 e. The van der Waals surface area contributed by atoms with Crippen LogP contribution in [0.2, 0.25) is 0 Å². The molecule has 5 nitrogen and oxygen atoms in total. The van der Waals surface area contributed by atoms with Crippen LogP contribution >= 0.6 is 0 Å². The van der Waals surface area contributed by atoms with Gasteiger partial charge in [0.1, 0.15) is 5.82 Å². The molecular formula is C18H18F2N4O. The van der Waals surface area contributed by atoms with E-state index in [0.717, 1.165) is 0 Å². The Morgan fingerprint density at radius 1 is 1.12 bits per heavy atom. The van der Waals surface area contributed by atoms with Crippen LogP contribution in [0.4, 0.5) is 14.6 Å². The van der Waals surface area contributed by atoms with Gasteiger partial charge in [-0.15, -0.1) is 0 Å². The highest BCUT2D eigenvalue weighted by Gasteiger charge is 2.35. The van der Waals surface area contributed by atoms with Crippen molar-refractivity contribution in [1.29, 1.82) is 0 Å². The van der Waals surface area contributed by atoms with Gasteiger partial charge >= 0.3 is 0 Å². The molecule has 3 rings (SSSR count). The lowest BCUT2D eigenvalue weighted by molar-refractivity contribution is -0.0513. The lowest BCUT2D eigenvalue weighted by Gasteiger charge is -2.20. The van der Waals surface area contributed by atoms with Crippen LogP contribution in [0, 0.1) is 5.92 Å². The zero-order valence-electron chi connectivity index (χ0n) is 14.1. The van der Waals surface area contributed by atoms with E-state index in [2.05, 4.69) is 20.4 Å². The van der Waals surface area contributed by atoms with E-state index in [4.69, 9.17) is 4.52 Å². The predicted molar refractivity (Wildman–Crippen MR) is 91.2 cm³/mol. The van der Waals surface area contributed by atoms with Gasteiger partial charge in [0, 0.05) is 30.3 Å². The first-order valence-corrected chi connectivity index (χ1v) is 7.89. The van der Waals surface area contributed by atoms with Crippen molar-refractivity contribution in [2.24, 2.45) is 5.92 Å². The fourth-order valence-corrected chi connectivity index (χ4v) is 2.40. The minimum Gasteiger partial charge on any atom is -0.373 e. The van der Waals surface area contributed by atoms with Gasteiger partial charge in [0.25, 0.3) is 11.8 Å². The van der Waals surface area contributed by atoms with Crippen LogP contribution in [-0.4, -0.2) is 22.2 Å². The Labute approximate surface area is 144 Å². The number of nitrogens with one attached hydrogen (secondary N) is 1. The molecule has 0 bridgehead atoms. The van der Waals surface area contributed by atoms with E-state index >= 15 is 0 Å². The topological polar surface area (TPSA) is 63.8 Å².